The van der Waals surface area contributed by atoms with Crippen molar-refractivity contribution in [2.24, 2.45) is 0 Å². The number of hydrogen-bond donors (Lipinski definition) is 0. The Morgan fingerprint density at radius 3 is 2.41 bits per heavy atom. The Bertz CT molecular complexity index is 1330. The highest BCUT2D eigenvalue weighted by atomic mass is 32.2. The van der Waals surface area contributed by atoms with Crippen LogP contribution in [0.4, 0.5) is 0 Å². The van der Waals surface area contributed by atoms with Crippen molar-refractivity contribution in [3.63, 3.8) is 0 Å². The smallest absolute Gasteiger partial charge is 0.268 e. The molecule has 3 aromatic rings. The second-order valence-corrected chi connectivity index (χ2v) is 9.84. The largest absolute Gasteiger partial charge is 0.382 e. The minimum absolute atomic E-state index is 0.0529. The van der Waals surface area contributed by atoms with Gasteiger partial charge in [0.2, 0.25) is 5.78 Å². The fourth-order valence-corrected chi connectivity index (χ4v) is 5.03. The molecule has 6 nitrogen and oxygen atoms in total. The molecule has 0 atom stereocenters. The summed E-state index contributed by atoms with van der Waals surface area (Å²) in [6, 6.07) is 15.6. The quantitative estimate of drug-likeness (QED) is 0.283. The summed E-state index contributed by atoms with van der Waals surface area (Å²) in [5.74, 6) is -0.636. The van der Waals surface area contributed by atoms with Gasteiger partial charge in [-0.15, -0.1) is 0 Å². The molecule has 2 aromatic carbocycles. The molecular formula is C25H27N3O3S. The van der Waals surface area contributed by atoms with Gasteiger partial charge in [0, 0.05) is 25.7 Å². The lowest BCUT2D eigenvalue weighted by Crippen LogP contribution is -2.20. The number of aromatic nitrogens is 1. The lowest BCUT2D eigenvalue weighted by molar-refractivity contribution is 0.103. The predicted molar refractivity (Wildman–Crippen MR) is 126 cm³/mol. The monoisotopic (exact) mass is 449 g/mol. The van der Waals surface area contributed by atoms with Crippen molar-refractivity contribution in [2.45, 2.75) is 38.0 Å². The van der Waals surface area contributed by atoms with Gasteiger partial charge in [-0.25, -0.2) is 12.4 Å². The second-order valence-electron chi connectivity index (χ2n) is 8.06. The number of rotatable bonds is 8. The molecule has 0 saturated heterocycles. The number of carbonyl (C=O) groups excluding carboxylic acids is 1. The number of nitriles is 1. The average molecular weight is 450 g/mol. The van der Waals surface area contributed by atoms with Crippen LogP contribution in [0.25, 0.3) is 10.9 Å². The number of benzene rings is 2. The summed E-state index contributed by atoms with van der Waals surface area (Å²) in [5, 5.41) is 10.2. The highest BCUT2D eigenvalue weighted by molar-refractivity contribution is 7.90. The number of Topliss-reactive ketones (excluding diaryl/α,β-unsaturated/α-hetero) is 1. The topological polar surface area (TPSA) is 83.2 Å². The molecule has 166 valence electrons. The number of ketones is 1. The van der Waals surface area contributed by atoms with Gasteiger partial charge in [-0.2, -0.15) is 5.26 Å². The van der Waals surface area contributed by atoms with Gasteiger partial charge in [-0.1, -0.05) is 43.2 Å². The molecule has 3 rings (SSSR count). The van der Waals surface area contributed by atoms with Crippen LogP contribution in [0, 0.1) is 18.3 Å². The van der Waals surface area contributed by atoms with E-state index in [4.69, 9.17) is 0 Å². The zero-order chi connectivity index (χ0) is 23.5. The van der Waals surface area contributed by atoms with Crippen LogP contribution >= 0.6 is 0 Å². The first-order valence-electron chi connectivity index (χ1n) is 10.5. The summed E-state index contributed by atoms with van der Waals surface area (Å²) in [6.45, 7) is 3.97. The molecule has 0 saturated carbocycles. The Hall–Kier alpha value is -3.37. The van der Waals surface area contributed by atoms with Gasteiger partial charge in [0.05, 0.1) is 10.4 Å². The Labute approximate surface area is 189 Å². The van der Waals surface area contributed by atoms with Crippen LogP contribution in [-0.2, 0) is 16.4 Å². The SMILES string of the molecule is CCCCc1ccc2cc(C(=O)C(C#N)=CN(C)C)n(S(=O)(=O)c3ccc(C)cc3)c2c1. The normalized spacial score (nSPS) is 12.0. The summed E-state index contributed by atoms with van der Waals surface area (Å²) in [5.41, 5.74) is 2.18. The molecule has 32 heavy (non-hydrogen) atoms. The molecule has 0 N–H and O–H groups in total. The number of allylic oxidation sites excluding steroid dienone is 1. The molecule has 1 aromatic heterocycles. The Balaban J connectivity index is 2.31. The maximum absolute atomic E-state index is 13.7. The van der Waals surface area contributed by atoms with Crippen molar-refractivity contribution in [1.82, 2.24) is 8.87 Å². The van der Waals surface area contributed by atoms with E-state index >= 15 is 0 Å². The fourth-order valence-electron chi connectivity index (χ4n) is 3.53. The molecule has 7 heteroatoms. The zero-order valence-electron chi connectivity index (χ0n) is 18.8. The van der Waals surface area contributed by atoms with E-state index in [1.54, 1.807) is 37.2 Å². The first-order valence-corrected chi connectivity index (χ1v) is 11.9. The number of fused-ring (bicyclic) bond motifs is 1. The maximum atomic E-state index is 13.7. The molecule has 0 unspecified atom stereocenters. The zero-order valence-corrected chi connectivity index (χ0v) is 19.6. The van der Waals surface area contributed by atoms with Gasteiger partial charge >= 0.3 is 0 Å². The second kappa shape index (κ2) is 9.41. The van der Waals surface area contributed by atoms with Crippen LogP contribution < -0.4 is 0 Å². The summed E-state index contributed by atoms with van der Waals surface area (Å²) in [7, 11) is -0.681. The van der Waals surface area contributed by atoms with Crippen molar-refractivity contribution >= 4 is 26.7 Å². The van der Waals surface area contributed by atoms with Crippen LogP contribution in [0.3, 0.4) is 0 Å². The fraction of sp³-hybridized carbons (Fsp3) is 0.280. The third kappa shape index (κ3) is 4.61. The van der Waals surface area contributed by atoms with Gasteiger partial charge in [0.1, 0.15) is 17.3 Å². The van der Waals surface area contributed by atoms with Crippen molar-refractivity contribution in [2.75, 3.05) is 14.1 Å². The number of carbonyl (C=O) groups is 1. The van der Waals surface area contributed by atoms with Crippen molar-refractivity contribution in [3.05, 3.63) is 77.1 Å². The van der Waals surface area contributed by atoms with E-state index in [2.05, 4.69) is 6.92 Å². The van der Waals surface area contributed by atoms with E-state index in [9.17, 15) is 18.5 Å². The van der Waals surface area contributed by atoms with Crippen molar-refractivity contribution < 1.29 is 13.2 Å². The molecule has 0 aliphatic rings. The molecule has 0 aliphatic heterocycles. The Morgan fingerprint density at radius 2 is 1.81 bits per heavy atom. The maximum Gasteiger partial charge on any atom is 0.268 e. The lowest BCUT2D eigenvalue weighted by Gasteiger charge is -2.13. The van der Waals surface area contributed by atoms with E-state index in [1.165, 1.54) is 18.3 Å². The van der Waals surface area contributed by atoms with E-state index in [1.807, 2.05) is 31.2 Å². The van der Waals surface area contributed by atoms with Crippen molar-refractivity contribution in [1.29, 1.82) is 5.26 Å². The number of aryl methyl sites for hydroxylation is 2. The summed E-state index contributed by atoms with van der Waals surface area (Å²) in [6.07, 6.45) is 4.21. The molecule has 0 radical (unpaired) electrons. The number of nitrogens with zero attached hydrogens (tertiary/aromatic N) is 3. The van der Waals surface area contributed by atoms with Crippen LogP contribution in [0.5, 0.6) is 0 Å². The highest BCUT2D eigenvalue weighted by Crippen LogP contribution is 2.29. The average Bonchev–Trinajstić information content (AvgIpc) is 3.15. The van der Waals surface area contributed by atoms with Gasteiger partial charge in [0.25, 0.3) is 10.0 Å². The van der Waals surface area contributed by atoms with E-state index < -0.39 is 15.8 Å². The van der Waals surface area contributed by atoms with Gasteiger partial charge in [0.15, 0.2) is 0 Å². The third-order valence-corrected chi connectivity index (χ3v) is 6.93. The first-order chi connectivity index (χ1) is 15.2. The first kappa shape index (κ1) is 23.3. The molecule has 0 aliphatic carbocycles. The summed E-state index contributed by atoms with van der Waals surface area (Å²) in [4.78, 5) is 15.0. The molecular weight excluding hydrogens is 422 g/mol. The molecule has 0 fully saturated rings. The van der Waals surface area contributed by atoms with E-state index in [0.29, 0.717) is 10.9 Å². The standard InChI is InChI=1S/C25H27N3O3S/c1-5-6-7-19-10-11-20-15-24(25(29)21(16-26)17-27(3)4)28(23(20)14-19)32(30,31)22-12-8-18(2)9-13-22/h8-15,17H,5-7H2,1-4H3. The molecule has 0 bridgehead atoms. The Morgan fingerprint density at radius 1 is 1.12 bits per heavy atom. The van der Waals surface area contributed by atoms with E-state index in [0.717, 1.165) is 34.4 Å². The molecule has 0 spiro atoms. The third-order valence-electron chi connectivity index (χ3n) is 5.19. The predicted octanol–water partition coefficient (Wildman–Crippen LogP) is 4.68. The molecule has 0 amide bonds. The van der Waals surface area contributed by atoms with Gasteiger partial charge in [-0.05, 0) is 49.6 Å². The van der Waals surface area contributed by atoms with Gasteiger partial charge < -0.3 is 4.90 Å². The number of unbranched alkanes of at least 4 members (excludes halogenated alkanes) is 1. The Kier molecular flexibility index (Phi) is 6.85. The number of hydrogen-bond acceptors (Lipinski definition) is 5. The van der Waals surface area contributed by atoms with Crippen LogP contribution in [0.2, 0.25) is 0 Å². The van der Waals surface area contributed by atoms with Crippen LogP contribution in [0.15, 0.2) is 65.2 Å². The minimum Gasteiger partial charge on any atom is -0.382 e. The van der Waals surface area contributed by atoms with E-state index in [-0.39, 0.29) is 16.2 Å². The minimum atomic E-state index is -4.08. The summed E-state index contributed by atoms with van der Waals surface area (Å²) < 4.78 is 28.5. The van der Waals surface area contributed by atoms with Crippen LogP contribution in [-0.4, -0.2) is 37.2 Å². The van der Waals surface area contributed by atoms with Crippen molar-refractivity contribution in [3.8, 4) is 6.07 Å². The van der Waals surface area contributed by atoms with Crippen LogP contribution in [0.1, 0.15) is 41.4 Å². The summed E-state index contributed by atoms with van der Waals surface area (Å²) >= 11 is 0. The van der Waals surface area contributed by atoms with Gasteiger partial charge in [-0.3, -0.25) is 4.79 Å². The lowest BCUT2D eigenvalue weighted by atomic mass is 10.1. The molecule has 1 heterocycles. The highest BCUT2D eigenvalue weighted by Gasteiger charge is 2.28.